The van der Waals surface area contributed by atoms with Gasteiger partial charge in [-0.1, -0.05) is 6.07 Å². The zero-order chi connectivity index (χ0) is 21.0. The van der Waals surface area contributed by atoms with Gasteiger partial charge in [0, 0.05) is 5.69 Å². The van der Waals surface area contributed by atoms with Crippen LogP contribution in [0.4, 0.5) is 30.4 Å². The first-order valence-electron chi connectivity index (χ1n) is 8.19. The number of alkyl halides is 3. The SMILES string of the molecule is COC(=O)c1ccc(Oc2ncnc(Nc3cccc(C(F)(F)F)c3)c2N)cc1. The van der Waals surface area contributed by atoms with Crippen LogP contribution in [0.25, 0.3) is 0 Å². The molecule has 0 unspecified atom stereocenters. The summed E-state index contributed by atoms with van der Waals surface area (Å²) in [5.74, 6) is -0.0699. The van der Waals surface area contributed by atoms with Crippen LogP contribution in [0.5, 0.6) is 11.6 Å². The molecule has 1 heterocycles. The zero-order valence-corrected chi connectivity index (χ0v) is 15.0. The Morgan fingerprint density at radius 1 is 1.10 bits per heavy atom. The van der Waals surface area contributed by atoms with Gasteiger partial charge >= 0.3 is 12.1 Å². The molecule has 0 radical (unpaired) electrons. The van der Waals surface area contributed by atoms with Crippen LogP contribution >= 0.6 is 0 Å². The van der Waals surface area contributed by atoms with E-state index in [4.69, 9.17) is 10.5 Å². The summed E-state index contributed by atoms with van der Waals surface area (Å²) < 4.78 is 48.8. The molecule has 10 heteroatoms. The molecule has 0 amide bonds. The lowest BCUT2D eigenvalue weighted by molar-refractivity contribution is -0.137. The molecular weight excluding hydrogens is 389 g/mol. The van der Waals surface area contributed by atoms with Crippen LogP contribution < -0.4 is 15.8 Å². The second kappa shape index (κ2) is 8.05. The maximum absolute atomic E-state index is 12.9. The zero-order valence-electron chi connectivity index (χ0n) is 15.0. The number of carbonyl (C=O) groups is 1. The van der Waals surface area contributed by atoms with Gasteiger partial charge in [-0.3, -0.25) is 0 Å². The lowest BCUT2D eigenvalue weighted by Crippen LogP contribution is -2.06. The van der Waals surface area contributed by atoms with Crippen molar-refractivity contribution in [3.05, 3.63) is 66.0 Å². The maximum atomic E-state index is 12.9. The third kappa shape index (κ3) is 4.72. The van der Waals surface area contributed by atoms with E-state index in [1.54, 1.807) is 0 Å². The predicted octanol–water partition coefficient (Wildman–Crippen LogP) is 4.40. The summed E-state index contributed by atoms with van der Waals surface area (Å²) >= 11 is 0. The number of aromatic nitrogens is 2. The Bertz CT molecular complexity index is 1020. The molecule has 0 atom stereocenters. The highest BCUT2D eigenvalue weighted by molar-refractivity contribution is 5.89. The number of carbonyl (C=O) groups excluding carboxylic acids is 1. The number of methoxy groups -OCH3 is 1. The van der Waals surface area contributed by atoms with Gasteiger partial charge in [-0.2, -0.15) is 18.2 Å². The topological polar surface area (TPSA) is 99.4 Å². The Hall–Kier alpha value is -3.82. The number of anilines is 3. The summed E-state index contributed by atoms with van der Waals surface area (Å²) in [6.07, 6.45) is -3.32. The average molecular weight is 404 g/mol. The van der Waals surface area contributed by atoms with E-state index in [2.05, 4.69) is 20.0 Å². The summed E-state index contributed by atoms with van der Waals surface area (Å²) in [7, 11) is 1.27. The molecule has 3 aromatic rings. The Morgan fingerprint density at radius 3 is 2.48 bits per heavy atom. The van der Waals surface area contributed by atoms with E-state index in [0.717, 1.165) is 18.5 Å². The first-order valence-corrected chi connectivity index (χ1v) is 8.19. The minimum absolute atomic E-state index is 0.000272. The minimum atomic E-state index is -4.47. The van der Waals surface area contributed by atoms with Crippen LogP contribution in [-0.4, -0.2) is 23.0 Å². The second-order valence-electron chi connectivity index (χ2n) is 5.76. The summed E-state index contributed by atoms with van der Waals surface area (Å²) in [5, 5.41) is 2.73. The second-order valence-corrected chi connectivity index (χ2v) is 5.76. The molecule has 29 heavy (non-hydrogen) atoms. The number of nitrogen functional groups attached to an aromatic ring is 1. The third-order valence-electron chi connectivity index (χ3n) is 3.79. The minimum Gasteiger partial charge on any atom is -0.465 e. The van der Waals surface area contributed by atoms with Crippen LogP contribution in [0.3, 0.4) is 0 Å². The van der Waals surface area contributed by atoms with Gasteiger partial charge in [0.15, 0.2) is 5.82 Å². The molecule has 0 bridgehead atoms. The summed E-state index contributed by atoms with van der Waals surface area (Å²) in [5.41, 5.74) is 5.67. The molecule has 1 aromatic heterocycles. The van der Waals surface area contributed by atoms with Crippen molar-refractivity contribution in [3.8, 4) is 11.6 Å². The number of nitrogens with two attached hydrogens (primary N) is 1. The smallest absolute Gasteiger partial charge is 0.416 e. The number of benzene rings is 2. The number of nitrogens with one attached hydrogen (secondary N) is 1. The molecule has 0 spiro atoms. The van der Waals surface area contributed by atoms with Crippen molar-refractivity contribution in [1.29, 1.82) is 0 Å². The van der Waals surface area contributed by atoms with Gasteiger partial charge in [0.05, 0.1) is 18.2 Å². The van der Waals surface area contributed by atoms with Gasteiger partial charge < -0.3 is 20.5 Å². The van der Waals surface area contributed by atoms with E-state index in [1.165, 1.54) is 43.5 Å². The summed E-state index contributed by atoms with van der Waals surface area (Å²) in [6, 6.07) is 10.7. The van der Waals surface area contributed by atoms with E-state index < -0.39 is 17.7 Å². The first kappa shape index (κ1) is 19.9. The van der Waals surface area contributed by atoms with Crippen molar-refractivity contribution in [2.45, 2.75) is 6.18 Å². The van der Waals surface area contributed by atoms with Gasteiger partial charge in [0.2, 0.25) is 5.88 Å². The molecular formula is C19H15F3N4O3. The number of esters is 1. The van der Waals surface area contributed by atoms with Crippen molar-refractivity contribution in [2.24, 2.45) is 0 Å². The van der Waals surface area contributed by atoms with Crippen molar-refractivity contribution in [2.75, 3.05) is 18.2 Å². The van der Waals surface area contributed by atoms with Gasteiger partial charge in [0.25, 0.3) is 0 Å². The van der Waals surface area contributed by atoms with Crippen LogP contribution in [-0.2, 0) is 10.9 Å². The number of halogens is 3. The number of nitrogens with zero attached hydrogens (tertiary/aromatic N) is 2. The first-order chi connectivity index (χ1) is 13.8. The summed E-state index contributed by atoms with van der Waals surface area (Å²) in [6.45, 7) is 0. The van der Waals surface area contributed by atoms with Crippen LogP contribution in [0.2, 0.25) is 0 Å². The normalized spacial score (nSPS) is 11.0. The molecule has 7 nitrogen and oxygen atoms in total. The maximum Gasteiger partial charge on any atom is 0.416 e. The number of ether oxygens (including phenoxy) is 2. The van der Waals surface area contributed by atoms with Crippen molar-refractivity contribution in [3.63, 3.8) is 0 Å². The molecule has 0 aliphatic heterocycles. The molecule has 3 N–H and O–H groups in total. The Morgan fingerprint density at radius 2 is 1.83 bits per heavy atom. The lowest BCUT2D eigenvalue weighted by Gasteiger charge is -2.13. The fourth-order valence-electron chi connectivity index (χ4n) is 2.36. The molecule has 2 aromatic carbocycles. The fourth-order valence-corrected chi connectivity index (χ4v) is 2.36. The van der Waals surface area contributed by atoms with E-state index in [-0.39, 0.29) is 23.1 Å². The predicted molar refractivity (Wildman–Crippen MR) is 99.0 cm³/mol. The lowest BCUT2D eigenvalue weighted by atomic mass is 10.2. The van der Waals surface area contributed by atoms with Crippen LogP contribution in [0.1, 0.15) is 15.9 Å². The Balaban J connectivity index is 1.80. The van der Waals surface area contributed by atoms with Gasteiger partial charge in [-0.05, 0) is 42.5 Å². The summed E-state index contributed by atoms with van der Waals surface area (Å²) in [4.78, 5) is 19.3. The van der Waals surface area contributed by atoms with E-state index >= 15 is 0 Å². The molecule has 0 aliphatic carbocycles. The van der Waals surface area contributed by atoms with Gasteiger partial charge in [-0.15, -0.1) is 0 Å². The molecule has 0 saturated heterocycles. The number of hydrogen-bond donors (Lipinski definition) is 2. The Kier molecular flexibility index (Phi) is 5.53. The van der Waals surface area contributed by atoms with E-state index in [0.29, 0.717) is 11.3 Å². The number of hydrogen-bond acceptors (Lipinski definition) is 7. The molecule has 0 saturated carbocycles. The van der Waals surface area contributed by atoms with Crippen LogP contribution in [0.15, 0.2) is 54.9 Å². The van der Waals surface area contributed by atoms with Gasteiger partial charge in [-0.25, -0.2) is 9.78 Å². The largest absolute Gasteiger partial charge is 0.465 e. The molecule has 0 aliphatic rings. The average Bonchev–Trinajstić information content (AvgIpc) is 2.70. The van der Waals surface area contributed by atoms with Gasteiger partial charge in [0.1, 0.15) is 17.8 Å². The third-order valence-corrected chi connectivity index (χ3v) is 3.79. The Labute approximate surface area is 163 Å². The highest BCUT2D eigenvalue weighted by atomic mass is 19.4. The van der Waals surface area contributed by atoms with E-state index in [9.17, 15) is 18.0 Å². The van der Waals surface area contributed by atoms with Crippen molar-refractivity contribution >= 4 is 23.2 Å². The van der Waals surface area contributed by atoms with E-state index in [1.807, 2.05) is 0 Å². The standard InChI is InChI=1S/C19H15F3N4O3/c1-28-18(27)11-5-7-14(8-6-11)29-17-15(23)16(24-10-25-17)26-13-4-2-3-12(9-13)19(20,21)22/h2-10H,23H2,1H3,(H,24,25,26). The molecule has 3 rings (SSSR count). The number of rotatable bonds is 5. The molecule has 0 fully saturated rings. The van der Waals surface area contributed by atoms with Crippen LogP contribution in [0, 0.1) is 0 Å². The quantitative estimate of drug-likeness (QED) is 0.608. The van der Waals surface area contributed by atoms with Crippen molar-refractivity contribution in [1.82, 2.24) is 9.97 Å². The van der Waals surface area contributed by atoms with Crippen molar-refractivity contribution < 1.29 is 27.4 Å². The highest BCUT2D eigenvalue weighted by Crippen LogP contribution is 2.34. The highest BCUT2D eigenvalue weighted by Gasteiger charge is 2.30. The molecule has 150 valence electrons. The monoisotopic (exact) mass is 404 g/mol. The fraction of sp³-hybridized carbons (Fsp3) is 0.105.